The third-order valence-corrected chi connectivity index (χ3v) is 16.8. The minimum Gasteiger partial charge on any atom is -0.408 e. The fourth-order valence-corrected chi connectivity index (χ4v) is 6.27. The third-order valence-electron chi connectivity index (χ3n) is 7.57. The molecule has 1 saturated heterocycles. The Balaban J connectivity index is 2.10. The molecular weight excluding hydrogens is 474 g/mol. The maximum absolute atomic E-state index is 7.01. The van der Waals surface area contributed by atoms with Gasteiger partial charge in [-0.3, -0.25) is 4.57 Å². The summed E-state index contributed by atoms with van der Waals surface area (Å²) >= 11 is 6.44. The van der Waals surface area contributed by atoms with E-state index in [0.29, 0.717) is 22.9 Å². The van der Waals surface area contributed by atoms with Crippen molar-refractivity contribution < 1.29 is 13.6 Å². The van der Waals surface area contributed by atoms with Gasteiger partial charge in [0, 0.05) is 0 Å². The lowest BCUT2D eigenvalue weighted by atomic mass is 10.1. The van der Waals surface area contributed by atoms with Gasteiger partial charge >= 0.3 is 0 Å². The standard InChI is InChI=1S/C22H40ClN5O3Si2/c1-21(2,3)32(7,8)30-16-14(11-23)29-20(17(16)31-33(9,10)22(4,5)6)28-13-27-15-18(24)25-12-26-19(15)28/h12-14,16-17,20H,11H2,1-10H3,(H2,24,25,26)/t14-,16-,17-,20-/m1/s1. The maximum Gasteiger partial charge on any atom is 0.192 e. The molecule has 2 aromatic rings. The van der Waals surface area contributed by atoms with Gasteiger partial charge in [-0.05, 0) is 36.3 Å². The summed E-state index contributed by atoms with van der Waals surface area (Å²) in [6.07, 6.45) is 1.66. The topological polar surface area (TPSA) is 97.3 Å². The lowest BCUT2D eigenvalue weighted by Gasteiger charge is -2.44. The zero-order valence-corrected chi connectivity index (χ0v) is 24.4. The van der Waals surface area contributed by atoms with Crippen molar-refractivity contribution in [3.05, 3.63) is 12.7 Å². The van der Waals surface area contributed by atoms with Crippen molar-refractivity contribution in [2.24, 2.45) is 0 Å². The number of rotatable bonds is 6. The van der Waals surface area contributed by atoms with Gasteiger partial charge < -0.3 is 19.3 Å². The minimum absolute atomic E-state index is 0.0156. The molecule has 186 valence electrons. The SMILES string of the molecule is CC(C)(C)[Si](C)(C)O[C@@H]1[C@H](O[Si](C)(C)C(C)(C)C)[C@@H](CCl)O[C@H]1n1cnc2c(N)ncnc21. The molecule has 1 aliphatic heterocycles. The quantitative estimate of drug-likeness (QED) is 0.412. The summed E-state index contributed by atoms with van der Waals surface area (Å²) in [7, 11) is -4.33. The van der Waals surface area contributed by atoms with Crippen LogP contribution in [0.2, 0.25) is 36.3 Å². The number of ether oxygens (including phenoxy) is 1. The van der Waals surface area contributed by atoms with Crippen LogP contribution in [0.4, 0.5) is 5.82 Å². The maximum atomic E-state index is 7.01. The summed E-state index contributed by atoms with van der Waals surface area (Å²) in [5, 5.41) is 0.0502. The van der Waals surface area contributed by atoms with Crippen LogP contribution < -0.4 is 5.73 Å². The van der Waals surface area contributed by atoms with Gasteiger partial charge in [-0.25, -0.2) is 15.0 Å². The Morgan fingerprint density at radius 1 is 0.970 bits per heavy atom. The van der Waals surface area contributed by atoms with Crippen LogP contribution in [-0.4, -0.2) is 60.3 Å². The lowest BCUT2D eigenvalue weighted by Crippen LogP contribution is -2.53. The second kappa shape index (κ2) is 8.87. The molecule has 11 heteroatoms. The zero-order valence-electron chi connectivity index (χ0n) is 21.6. The second-order valence-electron chi connectivity index (χ2n) is 12.0. The number of alkyl halides is 1. The molecule has 3 rings (SSSR count). The van der Waals surface area contributed by atoms with E-state index in [1.54, 1.807) is 6.33 Å². The van der Waals surface area contributed by atoms with Crippen molar-refractivity contribution in [1.29, 1.82) is 0 Å². The van der Waals surface area contributed by atoms with E-state index in [2.05, 4.69) is 82.7 Å². The second-order valence-corrected chi connectivity index (χ2v) is 21.8. The van der Waals surface area contributed by atoms with Crippen LogP contribution in [0.1, 0.15) is 47.8 Å². The van der Waals surface area contributed by atoms with E-state index in [9.17, 15) is 0 Å². The molecule has 33 heavy (non-hydrogen) atoms. The highest BCUT2D eigenvalue weighted by Crippen LogP contribution is 2.46. The Kier molecular flexibility index (Phi) is 7.14. The minimum atomic E-state index is -2.19. The normalized spacial score (nSPS) is 25.2. The summed E-state index contributed by atoms with van der Waals surface area (Å²) < 4.78 is 22.4. The van der Waals surface area contributed by atoms with E-state index in [1.165, 1.54) is 6.33 Å². The Morgan fingerprint density at radius 3 is 2.03 bits per heavy atom. The molecule has 0 bridgehead atoms. The first-order valence-electron chi connectivity index (χ1n) is 11.5. The molecule has 0 saturated carbocycles. The van der Waals surface area contributed by atoms with Crippen LogP contribution in [-0.2, 0) is 13.6 Å². The number of hydrogen-bond acceptors (Lipinski definition) is 7. The van der Waals surface area contributed by atoms with Gasteiger partial charge in [0.1, 0.15) is 30.2 Å². The molecular formula is C22H40ClN5O3Si2. The van der Waals surface area contributed by atoms with E-state index in [1.807, 2.05) is 4.57 Å². The molecule has 1 aliphatic rings. The molecule has 0 aliphatic carbocycles. The van der Waals surface area contributed by atoms with E-state index in [0.717, 1.165) is 0 Å². The van der Waals surface area contributed by atoms with E-state index in [-0.39, 0.29) is 28.4 Å². The van der Waals surface area contributed by atoms with Crippen LogP contribution in [0.3, 0.4) is 0 Å². The first kappa shape index (κ1) is 26.6. The number of fused-ring (bicyclic) bond motifs is 1. The smallest absolute Gasteiger partial charge is 0.192 e. The Labute approximate surface area is 204 Å². The van der Waals surface area contributed by atoms with E-state index in [4.69, 9.17) is 30.9 Å². The predicted molar refractivity (Wildman–Crippen MR) is 139 cm³/mol. The van der Waals surface area contributed by atoms with Gasteiger partial charge in [0.15, 0.2) is 34.3 Å². The largest absolute Gasteiger partial charge is 0.408 e. The molecule has 0 amide bonds. The highest BCUT2D eigenvalue weighted by atomic mass is 35.5. The van der Waals surface area contributed by atoms with Crippen LogP contribution in [0.5, 0.6) is 0 Å². The summed E-state index contributed by atoms with van der Waals surface area (Å²) in [6.45, 7) is 22.4. The first-order chi connectivity index (χ1) is 15.0. The van der Waals surface area contributed by atoms with E-state index < -0.39 is 22.9 Å². The molecule has 1 fully saturated rings. The Morgan fingerprint density at radius 2 is 1.52 bits per heavy atom. The molecule has 2 aromatic heterocycles. The summed E-state index contributed by atoms with van der Waals surface area (Å²) in [5.41, 5.74) is 7.19. The number of nitrogens with zero attached hydrogens (tertiary/aromatic N) is 4. The summed E-state index contributed by atoms with van der Waals surface area (Å²) in [5.74, 6) is 0.637. The number of imidazole rings is 1. The van der Waals surface area contributed by atoms with Gasteiger partial charge in [0.05, 0.1) is 12.2 Å². The molecule has 0 radical (unpaired) electrons. The number of nitrogens with two attached hydrogens (primary N) is 1. The number of anilines is 1. The highest BCUT2D eigenvalue weighted by Gasteiger charge is 2.54. The fraction of sp³-hybridized carbons (Fsp3) is 0.773. The van der Waals surface area contributed by atoms with Crippen LogP contribution >= 0.6 is 11.6 Å². The van der Waals surface area contributed by atoms with Crippen molar-refractivity contribution in [2.45, 2.75) is 102 Å². The molecule has 4 atom stereocenters. The fourth-order valence-electron chi connectivity index (χ4n) is 3.41. The van der Waals surface area contributed by atoms with Crippen molar-refractivity contribution >= 4 is 45.2 Å². The molecule has 3 heterocycles. The number of nitrogen functional groups attached to an aromatic ring is 1. The molecule has 0 aromatic carbocycles. The molecule has 0 unspecified atom stereocenters. The highest BCUT2D eigenvalue weighted by molar-refractivity contribution is 6.74. The van der Waals surface area contributed by atoms with Crippen molar-refractivity contribution in [1.82, 2.24) is 19.5 Å². The molecule has 8 nitrogen and oxygen atoms in total. The predicted octanol–water partition coefficient (Wildman–Crippen LogP) is 5.33. The van der Waals surface area contributed by atoms with Gasteiger partial charge in [-0.2, -0.15) is 0 Å². The van der Waals surface area contributed by atoms with Gasteiger partial charge in [-0.15, -0.1) is 11.6 Å². The molecule has 0 spiro atoms. The van der Waals surface area contributed by atoms with Crippen LogP contribution in [0, 0.1) is 0 Å². The average molecular weight is 514 g/mol. The zero-order chi connectivity index (χ0) is 25.0. The van der Waals surface area contributed by atoms with E-state index >= 15 is 0 Å². The van der Waals surface area contributed by atoms with Crippen molar-refractivity contribution in [3.8, 4) is 0 Å². The van der Waals surface area contributed by atoms with Crippen molar-refractivity contribution in [2.75, 3.05) is 11.6 Å². The van der Waals surface area contributed by atoms with Gasteiger partial charge in [-0.1, -0.05) is 41.5 Å². The first-order valence-corrected chi connectivity index (χ1v) is 17.9. The van der Waals surface area contributed by atoms with Gasteiger partial charge in [0.2, 0.25) is 0 Å². The van der Waals surface area contributed by atoms with Crippen LogP contribution in [0.25, 0.3) is 11.2 Å². The lowest BCUT2D eigenvalue weighted by molar-refractivity contribution is -0.0250. The van der Waals surface area contributed by atoms with Crippen molar-refractivity contribution in [3.63, 3.8) is 0 Å². The van der Waals surface area contributed by atoms with Gasteiger partial charge in [0.25, 0.3) is 0 Å². The van der Waals surface area contributed by atoms with Crippen LogP contribution in [0.15, 0.2) is 12.7 Å². The number of aromatic nitrogens is 4. The average Bonchev–Trinajstić information content (AvgIpc) is 3.22. The molecule has 2 N–H and O–H groups in total. The Bertz CT molecular complexity index is 987. The Hall–Kier alpha value is -1.05. The monoisotopic (exact) mass is 513 g/mol. The summed E-state index contributed by atoms with van der Waals surface area (Å²) in [4.78, 5) is 13.0. The number of hydrogen-bond donors (Lipinski definition) is 1. The summed E-state index contributed by atoms with van der Waals surface area (Å²) in [6, 6.07) is 0. The number of halogens is 1. The third kappa shape index (κ3) is 5.01.